The van der Waals surface area contributed by atoms with Crippen molar-refractivity contribution in [3.8, 4) is 17.2 Å². The van der Waals surface area contributed by atoms with Gasteiger partial charge in [0.05, 0.1) is 14.2 Å². The normalized spacial score (nSPS) is 11.0. The van der Waals surface area contributed by atoms with Crippen molar-refractivity contribution in [2.24, 2.45) is 0 Å². The summed E-state index contributed by atoms with van der Waals surface area (Å²) >= 11 is 0. The molecule has 3 rings (SSSR count). The molecule has 0 fully saturated rings. The van der Waals surface area contributed by atoms with E-state index in [0.29, 0.717) is 22.5 Å². The lowest BCUT2D eigenvalue weighted by atomic mass is 10.0. The molecule has 0 radical (unpaired) electrons. The second-order valence-corrected chi connectivity index (χ2v) is 4.78. The molecule has 21 heavy (non-hydrogen) atoms. The van der Waals surface area contributed by atoms with Crippen molar-refractivity contribution in [3.63, 3.8) is 0 Å². The summed E-state index contributed by atoms with van der Waals surface area (Å²) in [5.41, 5.74) is 0.702. The lowest BCUT2D eigenvalue weighted by molar-refractivity contribution is 0.409. The summed E-state index contributed by atoms with van der Waals surface area (Å²) in [6.45, 7) is 1.89. The van der Waals surface area contributed by atoms with Crippen LogP contribution >= 0.6 is 0 Å². The molecule has 3 aromatic rings. The summed E-state index contributed by atoms with van der Waals surface area (Å²) in [6.07, 6.45) is 0. The van der Waals surface area contributed by atoms with Gasteiger partial charge in [-0.2, -0.15) is 0 Å². The van der Waals surface area contributed by atoms with E-state index in [9.17, 15) is 9.90 Å². The second kappa shape index (κ2) is 4.70. The molecule has 0 spiro atoms. The molecule has 1 N–H and O–H groups in total. The molecule has 0 unspecified atom stereocenters. The zero-order valence-corrected chi connectivity index (χ0v) is 11.9. The number of aromatic hydroxyl groups is 1. The van der Waals surface area contributed by atoms with Crippen LogP contribution in [0.25, 0.3) is 21.7 Å². The second-order valence-electron chi connectivity index (χ2n) is 4.78. The van der Waals surface area contributed by atoms with E-state index in [1.54, 1.807) is 19.2 Å². The van der Waals surface area contributed by atoms with Crippen LogP contribution in [0.4, 0.5) is 0 Å². The standard InChI is InChI=1S/C16H14O5/c1-8-4-9(19-2)7-13-14(8)11-5-10(20-3)6-12(17)15(11)16(18)21-13/h4-7,17H,1-3H3. The maximum Gasteiger partial charge on any atom is 0.347 e. The van der Waals surface area contributed by atoms with E-state index >= 15 is 0 Å². The van der Waals surface area contributed by atoms with Crippen LogP contribution in [0, 0.1) is 6.92 Å². The van der Waals surface area contributed by atoms with E-state index in [1.807, 2.05) is 13.0 Å². The minimum Gasteiger partial charge on any atom is -0.507 e. The van der Waals surface area contributed by atoms with Gasteiger partial charge < -0.3 is 19.0 Å². The van der Waals surface area contributed by atoms with Crippen molar-refractivity contribution in [2.45, 2.75) is 6.92 Å². The molecule has 0 saturated carbocycles. The SMILES string of the molecule is COc1cc(C)c2c(c1)oc(=O)c1c(O)cc(OC)cc12. The van der Waals surface area contributed by atoms with Crippen molar-refractivity contribution in [3.05, 3.63) is 40.2 Å². The van der Waals surface area contributed by atoms with Gasteiger partial charge in [0.2, 0.25) is 0 Å². The highest BCUT2D eigenvalue weighted by atomic mass is 16.5. The number of aryl methyl sites for hydroxylation is 1. The smallest absolute Gasteiger partial charge is 0.347 e. The lowest BCUT2D eigenvalue weighted by Crippen LogP contribution is -2.02. The van der Waals surface area contributed by atoms with Gasteiger partial charge >= 0.3 is 5.63 Å². The fraction of sp³-hybridized carbons (Fsp3) is 0.188. The Morgan fingerprint density at radius 3 is 2.33 bits per heavy atom. The Hall–Kier alpha value is -2.69. The number of methoxy groups -OCH3 is 2. The van der Waals surface area contributed by atoms with Crippen LogP contribution in [0.5, 0.6) is 17.2 Å². The number of hydrogen-bond donors (Lipinski definition) is 1. The molecular formula is C16H14O5. The number of phenols is 1. The summed E-state index contributed by atoms with van der Waals surface area (Å²) in [4.78, 5) is 12.1. The molecule has 0 aliphatic carbocycles. The topological polar surface area (TPSA) is 68.9 Å². The van der Waals surface area contributed by atoms with E-state index in [1.165, 1.54) is 13.2 Å². The summed E-state index contributed by atoms with van der Waals surface area (Å²) in [5, 5.41) is 11.5. The Morgan fingerprint density at radius 2 is 1.67 bits per heavy atom. The minimum atomic E-state index is -0.592. The molecular weight excluding hydrogens is 272 g/mol. The number of phenolic OH excluding ortho intramolecular Hbond substituents is 1. The number of hydrogen-bond acceptors (Lipinski definition) is 5. The summed E-state index contributed by atoms with van der Waals surface area (Å²) < 4.78 is 15.7. The van der Waals surface area contributed by atoms with Crippen LogP contribution in [-0.4, -0.2) is 19.3 Å². The van der Waals surface area contributed by atoms with E-state index in [0.717, 1.165) is 10.9 Å². The molecule has 5 nitrogen and oxygen atoms in total. The maximum atomic E-state index is 12.1. The molecule has 0 bridgehead atoms. The highest BCUT2D eigenvalue weighted by molar-refractivity contribution is 6.08. The van der Waals surface area contributed by atoms with Crippen LogP contribution in [0.2, 0.25) is 0 Å². The van der Waals surface area contributed by atoms with Crippen LogP contribution in [0.15, 0.2) is 33.5 Å². The van der Waals surface area contributed by atoms with Crippen LogP contribution in [-0.2, 0) is 0 Å². The average molecular weight is 286 g/mol. The minimum absolute atomic E-state index is 0.150. The average Bonchev–Trinajstić information content (AvgIpc) is 2.45. The van der Waals surface area contributed by atoms with Gasteiger partial charge in [0.1, 0.15) is 28.2 Å². The number of ether oxygens (including phenoxy) is 2. The third-order valence-electron chi connectivity index (χ3n) is 3.51. The van der Waals surface area contributed by atoms with Crippen LogP contribution < -0.4 is 15.1 Å². The Morgan fingerprint density at radius 1 is 1.00 bits per heavy atom. The molecule has 0 amide bonds. The summed E-state index contributed by atoms with van der Waals surface area (Å²) in [6, 6.07) is 6.61. The zero-order valence-electron chi connectivity index (χ0n) is 11.9. The number of benzene rings is 2. The van der Waals surface area contributed by atoms with E-state index in [2.05, 4.69) is 0 Å². The Balaban J connectivity index is 2.58. The first kappa shape index (κ1) is 13.3. The van der Waals surface area contributed by atoms with Crippen LogP contribution in [0.1, 0.15) is 5.56 Å². The van der Waals surface area contributed by atoms with Gasteiger partial charge in [0.15, 0.2) is 0 Å². The van der Waals surface area contributed by atoms with Gasteiger partial charge in [-0.15, -0.1) is 0 Å². The van der Waals surface area contributed by atoms with Crippen molar-refractivity contribution in [2.75, 3.05) is 14.2 Å². The van der Waals surface area contributed by atoms with E-state index in [-0.39, 0.29) is 11.1 Å². The van der Waals surface area contributed by atoms with Crippen LogP contribution in [0.3, 0.4) is 0 Å². The third-order valence-corrected chi connectivity index (χ3v) is 3.51. The fourth-order valence-corrected chi connectivity index (χ4v) is 2.55. The Labute approximate surface area is 120 Å². The summed E-state index contributed by atoms with van der Waals surface area (Å²) in [7, 11) is 3.05. The van der Waals surface area contributed by atoms with Crippen molar-refractivity contribution in [1.82, 2.24) is 0 Å². The fourth-order valence-electron chi connectivity index (χ4n) is 2.55. The molecule has 108 valence electrons. The lowest BCUT2D eigenvalue weighted by Gasteiger charge is -2.10. The van der Waals surface area contributed by atoms with E-state index < -0.39 is 5.63 Å². The van der Waals surface area contributed by atoms with Gasteiger partial charge in [0.25, 0.3) is 0 Å². The maximum absolute atomic E-state index is 12.1. The van der Waals surface area contributed by atoms with Gasteiger partial charge in [-0.1, -0.05) is 0 Å². The zero-order chi connectivity index (χ0) is 15.1. The first-order valence-electron chi connectivity index (χ1n) is 6.37. The summed E-state index contributed by atoms with van der Waals surface area (Å²) in [5.74, 6) is 0.923. The third kappa shape index (κ3) is 1.98. The van der Waals surface area contributed by atoms with Gasteiger partial charge in [-0.25, -0.2) is 4.79 Å². The molecule has 1 aromatic heterocycles. The van der Waals surface area contributed by atoms with E-state index in [4.69, 9.17) is 13.9 Å². The Bertz CT molecular complexity index is 908. The van der Waals surface area contributed by atoms with Gasteiger partial charge in [-0.3, -0.25) is 0 Å². The molecule has 0 atom stereocenters. The van der Waals surface area contributed by atoms with Crippen molar-refractivity contribution in [1.29, 1.82) is 0 Å². The Kier molecular flexibility index (Phi) is 2.97. The molecule has 0 aliphatic heterocycles. The van der Waals surface area contributed by atoms with Gasteiger partial charge in [-0.05, 0) is 24.6 Å². The highest BCUT2D eigenvalue weighted by Gasteiger charge is 2.15. The molecule has 2 aromatic carbocycles. The quantitative estimate of drug-likeness (QED) is 0.579. The largest absolute Gasteiger partial charge is 0.507 e. The monoisotopic (exact) mass is 286 g/mol. The van der Waals surface area contributed by atoms with Crippen molar-refractivity contribution < 1.29 is 19.0 Å². The molecule has 1 heterocycles. The predicted molar refractivity (Wildman–Crippen MR) is 79.5 cm³/mol. The highest BCUT2D eigenvalue weighted by Crippen LogP contribution is 2.35. The molecule has 5 heteroatoms. The number of fused-ring (bicyclic) bond motifs is 3. The molecule has 0 saturated heterocycles. The number of rotatable bonds is 2. The first-order chi connectivity index (χ1) is 10.0. The molecule has 0 aliphatic rings. The first-order valence-corrected chi connectivity index (χ1v) is 6.37. The van der Waals surface area contributed by atoms with Gasteiger partial charge in [0, 0.05) is 22.9 Å². The van der Waals surface area contributed by atoms with Crippen molar-refractivity contribution >= 4 is 21.7 Å². The predicted octanol–water partition coefficient (Wildman–Crippen LogP) is 2.98.